The topological polar surface area (TPSA) is 37.6 Å². The van der Waals surface area contributed by atoms with E-state index in [2.05, 4.69) is 9.88 Å². The van der Waals surface area contributed by atoms with Crippen molar-refractivity contribution in [2.75, 3.05) is 18.0 Å². The van der Waals surface area contributed by atoms with Crippen LogP contribution in [0.4, 0.5) is 5.69 Å². The maximum absolute atomic E-state index is 12.3. The summed E-state index contributed by atoms with van der Waals surface area (Å²) in [6, 6.07) is 5.60. The maximum atomic E-state index is 12.3. The minimum absolute atomic E-state index is 0.0394. The highest BCUT2D eigenvalue weighted by atomic mass is 16.1. The van der Waals surface area contributed by atoms with Crippen LogP contribution in [-0.2, 0) is 0 Å². The van der Waals surface area contributed by atoms with Gasteiger partial charge in [0, 0.05) is 19.3 Å². The van der Waals surface area contributed by atoms with Gasteiger partial charge in [-0.25, -0.2) is 4.98 Å². The summed E-state index contributed by atoms with van der Waals surface area (Å²) in [7, 11) is 0. The van der Waals surface area contributed by atoms with Crippen molar-refractivity contribution in [1.82, 2.24) is 9.38 Å². The van der Waals surface area contributed by atoms with Gasteiger partial charge in [0.1, 0.15) is 11.3 Å². The second-order valence-corrected chi connectivity index (χ2v) is 4.43. The Morgan fingerprint density at radius 3 is 2.76 bits per heavy atom. The molecule has 17 heavy (non-hydrogen) atoms. The van der Waals surface area contributed by atoms with Crippen LogP contribution in [0.2, 0.25) is 0 Å². The second-order valence-electron chi connectivity index (χ2n) is 4.43. The van der Waals surface area contributed by atoms with Gasteiger partial charge in [-0.1, -0.05) is 6.07 Å². The zero-order valence-corrected chi connectivity index (χ0v) is 9.67. The van der Waals surface area contributed by atoms with Crippen molar-refractivity contribution in [3.8, 4) is 0 Å². The smallest absolute Gasteiger partial charge is 0.281 e. The molecule has 0 unspecified atom stereocenters. The molecule has 1 aliphatic rings. The summed E-state index contributed by atoms with van der Waals surface area (Å²) in [4.78, 5) is 18.8. The van der Waals surface area contributed by atoms with E-state index in [9.17, 15) is 4.79 Å². The van der Waals surface area contributed by atoms with Crippen molar-refractivity contribution < 1.29 is 0 Å². The molecule has 0 aliphatic carbocycles. The molecular weight excluding hydrogens is 214 g/mol. The Labute approximate surface area is 99.5 Å². The fraction of sp³-hybridized carbons (Fsp3) is 0.385. The Morgan fingerprint density at radius 1 is 1.12 bits per heavy atom. The molecule has 0 spiro atoms. The summed E-state index contributed by atoms with van der Waals surface area (Å²) in [5, 5.41) is 0. The molecule has 1 aliphatic heterocycles. The van der Waals surface area contributed by atoms with E-state index in [1.165, 1.54) is 6.42 Å². The average Bonchev–Trinajstić information content (AvgIpc) is 2.40. The van der Waals surface area contributed by atoms with Crippen LogP contribution >= 0.6 is 0 Å². The normalized spacial score (nSPS) is 16.4. The first kappa shape index (κ1) is 10.3. The third kappa shape index (κ3) is 1.79. The van der Waals surface area contributed by atoms with E-state index in [4.69, 9.17) is 0 Å². The van der Waals surface area contributed by atoms with Gasteiger partial charge in [-0.15, -0.1) is 0 Å². The molecule has 0 N–H and O–H groups in total. The summed E-state index contributed by atoms with van der Waals surface area (Å²) in [5.41, 5.74) is 1.48. The van der Waals surface area contributed by atoms with E-state index in [-0.39, 0.29) is 5.56 Å². The summed E-state index contributed by atoms with van der Waals surface area (Å²) in [6.45, 7) is 1.94. The molecular formula is C13H15N3O. The number of aromatic nitrogens is 2. The van der Waals surface area contributed by atoms with Crippen LogP contribution in [0.3, 0.4) is 0 Å². The van der Waals surface area contributed by atoms with E-state index in [1.54, 1.807) is 16.8 Å². The summed E-state index contributed by atoms with van der Waals surface area (Å²) in [5.74, 6) is 0. The molecule has 2 aromatic heterocycles. The van der Waals surface area contributed by atoms with Gasteiger partial charge < -0.3 is 4.90 Å². The minimum Gasteiger partial charge on any atom is -0.366 e. The van der Waals surface area contributed by atoms with Crippen LogP contribution in [0.25, 0.3) is 5.65 Å². The molecule has 1 saturated heterocycles. The molecule has 2 aromatic rings. The predicted molar refractivity (Wildman–Crippen MR) is 67.5 cm³/mol. The number of pyridine rings is 1. The van der Waals surface area contributed by atoms with Crippen LogP contribution in [0, 0.1) is 0 Å². The van der Waals surface area contributed by atoms with Gasteiger partial charge in [0.2, 0.25) is 0 Å². The molecule has 4 nitrogen and oxygen atoms in total. The molecule has 3 heterocycles. The lowest BCUT2D eigenvalue weighted by Gasteiger charge is -2.27. The van der Waals surface area contributed by atoms with E-state index in [0.29, 0.717) is 5.65 Å². The first-order valence-electron chi connectivity index (χ1n) is 6.07. The Balaban J connectivity index is 2.11. The SMILES string of the molecule is O=c1c(N2CCCCC2)cnc2ccccn12. The van der Waals surface area contributed by atoms with Gasteiger partial charge in [0.15, 0.2) is 0 Å². The molecule has 0 radical (unpaired) electrons. The third-order valence-corrected chi connectivity index (χ3v) is 3.29. The zero-order valence-electron chi connectivity index (χ0n) is 9.67. The summed E-state index contributed by atoms with van der Waals surface area (Å²) >= 11 is 0. The molecule has 0 saturated carbocycles. The first-order valence-corrected chi connectivity index (χ1v) is 6.07. The van der Waals surface area contributed by atoms with Gasteiger partial charge in [-0.2, -0.15) is 0 Å². The fourth-order valence-electron chi connectivity index (χ4n) is 2.37. The molecule has 3 rings (SSSR count). The van der Waals surface area contributed by atoms with Crippen molar-refractivity contribution in [1.29, 1.82) is 0 Å². The zero-order chi connectivity index (χ0) is 11.7. The Morgan fingerprint density at radius 2 is 1.94 bits per heavy atom. The third-order valence-electron chi connectivity index (χ3n) is 3.29. The lowest BCUT2D eigenvalue weighted by atomic mass is 10.1. The van der Waals surface area contributed by atoms with Crippen LogP contribution in [-0.4, -0.2) is 22.5 Å². The van der Waals surface area contributed by atoms with Gasteiger partial charge >= 0.3 is 0 Å². The number of rotatable bonds is 1. The average molecular weight is 229 g/mol. The Bertz CT molecular complexity index is 584. The Hall–Kier alpha value is -1.84. The second kappa shape index (κ2) is 4.20. The first-order chi connectivity index (χ1) is 8.36. The van der Waals surface area contributed by atoms with Crippen LogP contribution in [0.5, 0.6) is 0 Å². The minimum atomic E-state index is 0.0394. The number of anilines is 1. The van der Waals surface area contributed by atoms with Crippen LogP contribution in [0.15, 0.2) is 35.4 Å². The van der Waals surface area contributed by atoms with Gasteiger partial charge in [0.25, 0.3) is 5.56 Å². The van der Waals surface area contributed by atoms with Crippen LogP contribution < -0.4 is 10.5 Å². The Kier molecular flexibility index (Phi) is 2.55. The summed E-state index contributed by atoms with van der Waals surface area (Å²) in [6.07, 6.45) is 7.08. The molecule has 0 atom stereocenters. The molecule has 0 amide bonds. The summed E-state index contributed by atoms with van der Waals surface area (Å²) < 4.78 is 1.62. The predicted octanol–water partition coefficient (Wildman–Crippen LogP) is 1.68. The highest BCUT2D eigenvalue weighted by Gasteiger charge is 2.15. The molecule has 0 aromatic carbocycles. The molecule has 4 heteroatoms. The van der Waals surface area contributed by atoms with E-state index >= 15 is 0 Å². The number of piperidine rings is 1. The van der Waals surface area contributed by atoms with Crippen molar-refractivity contribution in [3.63, 3.8) is 0 Å². The monoisotopic (exact) mass is 229 g/mol. The molecule has 88 valence electrons. The standard InChI is InChI=1S/C13H15N3O/c17-13-11(15-7-3-1-4-8-15)10-14-12-6-2-5-9-16(12)13/h2,5-6,9-10H,1,3-4,7-8H2. The fourth-order valence-corrected chi connectivity index (χ4v) is 2.37. The van der Waals surface area contributed by atoms with Gasteiger partial charge in [-0.3, -0.25) is 9.20 Å². The highest BCUT2D eigenvalue weighted by Crippen LogP contribution is 2.15. The van der Waals surface area contributed by atoms with Crippen molar-refractivity contribution in [2.45, 2.75) is 19.3 Å². The number of nitrogens with zero attached hydrogens (tertiary/aromatic N) is 3. The molecule has 1 fully saturated rings. The lowest BCUT2D eigenvalue weighted by Crippen LogP contribution is -2.35. The van der Waals surface area contributed by atoms with Crippen LogP contribution in [0.1, 0.15) is 19.3 Å². The number of hydrogen-bond acceptors (Lipinski definition) is 3. The quantitative estimate of drug-likeness (QED) is 0.746. The van der Waals surface area contributed by atoms with Crippen molar-refractivity contribution >= 4 is 11.3 Å². The highest BCUT2D eigenvalue weighted by molar-refractivity contribution is 5.48. The van der Waals surface area contributed by atoms with E-state index < -0.39 is 0 Å². The number of hydrogen-bond donors (Lipinski definition) is 0. The molecule has 0 bridgehead atoms. The van der Waals surface area contributed by atoms with E-state index in [0.717, 1.165) is 31.6 Å². The lowest BCUT2D eigenvalue weighted by molar-refractivity contribution is 0.575. The van der Waals surface area contributed by atoms with E-state index in [1.807, 2.05) is 18.2 Å². The van der Waals surface area contributed by atoms with Gasteiger partial charge in [0.05, 0.1) is 6.20 Å². The maximum Gasteiger partial charge on any atom is 0.281 e. The van der Waals surface area contributed by atoms with Crippen molar-refractivity contribution in [3.05, 3.63) is 40.9 Å². The number of fused-ring (bicyclic) bond motifs is 1. The largest absolute Gasteiger partial charge is 0.366 e. The van der Waals surface area contributed by atoms with Gasteiger partial charge in [-0.05, 0) is 31.4 Å². The van der Waals surface area contributed by atoms with Crippen molar-refractivity contribution in [2.24, 2.45) is 0 Å².